The molecule has 1 aliphatic heterocycles. The number of benzene rings is 1. The maximum absolute atomic E-state index is 12.3. The number of carbonyl (C=O) groups excluding carboxylic acids is 1. The first-order valence-corrected chi connectivity index (χ1v) is 7.12. The van der Waals surface area contributed by atoms with E-state index >= 15 is 0 Å². The fraction of sp³-hybridized carbons (Fsp3) is 0.471. The molecule has 3 rings (SSSR count). The molecule has 0 amide bonds. The molecule has 0 saturated heterocycles. The first-order chi connectivity index (χ1) is 9.53. The Balaban J connectivity index is 0.00000121. The molecule has 115 valence electrons. The Morgan fingerprint density at radius 2 is 1.86 bits per heavy atom. The number of aryl methyl sites for hydroxylation is 2. The Labute approximate surface area is 171 Å². The molecule has 1 spiro atoms. The summed E-state index contributed by atoms with van der Waals surface area (Å²) in [6.45, 7) is 3.76. The van der Waals surface area contributed by atoms with Crippen molar-refractivity contribution in [1.29, 1.82) is 0 Å². The van der Waals surface area contributed by atoms with Crippen molar-refractivity contribution in [1.82, 2.24) is 0 Å². The molecule has 22 heavy (non-hydrogen) atoms. The molecule has 0 bridgehead atoms. The van der Waals surface area contributed by atoms with Crippen LogP contribution in [0.5, 0.6) is 0 Å². The molecule has 2 aliphatic rings. The molecule has 1 fully saturated rings. The van der Waals surface area contributed by atoms with Gasteiger partial charge in [0.15, 0.2) is 5.60 Å². The number of rotatable bonds is 1. The van der Waals surface area contributed by atoms with Crippen LogP contribution in [0.2, 0.25) is 0 Å². The average molecular weight is 543 g/mol. The van der Waals surface area contributed by atoms with Crippen molar-refractivity contribution < 1.29 is 68.4 Å². The molecule has 1 saturated carbocycles. The Hall–Kier alpha value is 0.0222. The molecule has 1 radical (unpaired) electrons. The van der Waals surface area contributed by atoms with Gasteiger partial charge in [-0.15, -0.1) is 6.92 Å². The Morgan fingerprint density at radius 3 is 2.50 bits per heavy atom. The van der Waals surface area contributed by atoms with Gasteiger partial charge in [-0.05, 0) is 25.7 Å². The number of hydrogen-bond acceptors (Lipinski definition) is 3. The van der Waals surface area contributed by atoms with Gasteiger partial charge in [-0.25, -0.2) is 10.4 Å². The zero-order valence-electron chi connectivity index (χ0n) is 12.9. The second kappa shape index (κ2) is 7.73. The van der Waals surface area contributed by atoms with E-state index in [9.17, 15) is 9.90 Å². The quantitative estimate of drug-likeness (QED) is 0.437. The molecular formula is C17H18O3WY-2. The summed E-state index contributed by atoms with van der Waals surface area (Å²) < 4.78 is 5.57. The summed E-state index contributed by atoms with van der Waals surface area (Å²) in [5.41, 5.74) is 1.86. The summed E-state index contributed by atoms with van der Waals surface area (Å²) in [5, 5.41) is 10.6. The first kappa shape index (κ1) is 20.1. The van der Waals surface area contributed by atoms with Crippen LogP contribution in [0.1, 0.15) is 48.8 Å². The molecule has 0 unspecified atom stereocenters. The van der Waals surface area contributed by atoms with Crippen molar-refractivity contribution in [2.24, 2.45) is 0 Å². The van der Waals surface area contributed by atoms with Crippen molar-refractivity contribution in [3.8, 4) is 0 Å². The molecule has 1 aromatic rings. The van der Waals surface area contributed by atoms with Crippen molar-refractivity contribution in [3.05, 3.63) is 40.6 Å². The van der Waals surface area contributed by atoms with Gasteiger partial charge in [0, 0.05) is 53.8 Å². The number of aliphatic hydroxyl groups excluding tert-OH is 1. The SMILES string of the molecule is Cc1[c-]cc(C)c(C2=C(O)C3(CCCCC3)OC2=O)[c-]1.[W].[Y]. The molecule has 1 heterocycles. The molecule has 1 aliphatic carbocycles. The summed E-state index contributed by atoms with van der Waals surface area (Å²) >= 11 is 0. The van der Waals surface area contributed by atoms with E-state index in [1.165, 1.54) is 0 Å². The molecule has 3 nitrogen and oxygen atoms in total. The molecule has 0 aromatic heterocycles. The van der Waals surface area contributed by atoms with Gasteiger partial charge in [0.2, 0.25) is 0 Å². The standard InChI is InChI=1S/C17H18O3.W.Y/c1-11-6-7-12(2)13(10-11)14-15(18)17(20-16(14)19)8-4-3-5-9-17;;/h7,18H,3-5,8-9H2,1-2H3;;/q-2;;. The second-order valence-corrected chi connectivity index (χ2v) is 5.76. The summed E-state index contributed by atoms with van der Waals surface area (Å²) in [7, 11) is 0. The minimum atomic E-state index is -0.779. The predicted octanol–water partition coefficient (Wildman–Crippen LogP) is 3.43. The molecule has 5 heteroatoms. The van der Waals surface area contributed by atoms with Crippen LogP contribution >= 0.6 is 0 Å². The number of ether oxygens (including phenoxy) is 1. The Bertz CT molecular complexity index is 604. The maximum atomic E-state index is 12.3. The smallest absolute Gasteiger partial charge is 0.339 e. The van der Waals surface area contributed by atoms with Gasteiger partial charge >= 0.3 is 5.97 Å². The van der Waals surface area contributed by atoms with Crippen LogP contribution in [0.4, 0.5) is 0 Å². The van der Waals surface area contributed by atoms with E-state index in [1.54, 1.807) is 0 Å². The van der Waals surface area contributed by atoms with Gasteiger partial charge in [0.05, 0.1) is 5.57 Å². The van der Waals surface area contributed by atoms with Crippen molar-refractivity contribution >= 4 is 11.5 Å². The van der Waals surface area contributed by atoms with Gasteiger partial charge in [0.25, 0.3) is 0 Å². The number of esters is 1. The third kappa shape index (κ3) is 3.42. The summed E-state index contributed by atoms with van der Waals surface area (Å²) in [6.07, 6.45) is 4.52. The normalized spacial score (nSPS) is 19.5. The largest absolute Gasteiger partial charge is 0.507 e. The van der Waals surface area contributed by atoms with E-state index in [4.69, 9.17) is 4.74 Å². The zero-order chi connectivity index (χ0) is 14.3. The second-order valence-electron chi connectivity index (χ2n) is 5.76. The van der Waals surface area contributed by atoms with Gasteiger partial charge < -0.3 is 22.0 Å². The third-order valence-corrected chi connectivity index (χ3v) is 4.28. The van der Waals surface area contributed by atoms with E-state index in [-0.39, 0.29) is 59.5 Å². The Morgan fingerprint density at radius 1 is 1.23 bits per heavy atom. The molecule has 1 N–H and O–H groups in total. The van der Waals surface area contributed by atoms with Gasteiger partial charge in [0.1, 0.15) is 5.76 Å². The van der Waals surface area contributed by atoms with Crippen molar-refractivity contribution in [2.45, 2.75) is 51.6 Å². The monoisotopic (exact) mass is 543 g/mol. The summed E-state index contributed by atoms with van der Waals surface area (Å²) in [5.74, 6) is -0.318. The molecular weight excluding hydrogens is 525 g/mol. The van der Waals surface area contributed by atoms with Crippen LogP contribution in [0.15, 0.2) is 11.8 Å². The van der Waals surface area contributed by atoms with E-state index in [0.717, 1.165) is 30.4 Å². The van der Waals surface area contributed by atoms with Crippen molar-refractivity contribution in [2.75, 3.05) is 0 Å². The van der Waals surface area contributed by atoms with E-state index in [1.807, 2.05) is 19.9 Å². The fourth-order valence-electron chi connectivity index (χ4n) is 3.15. The van der Waals surface area contributed by atoms with E-state index in [2.05, 4.69) is 12.1 Å². The minimum Gasteiger partial charge on any atom is -0.507 e. The number of carbonyl (C=O) groups is 1. The van der Waals surface area contributed by atoms with Crippen molar-refractivity contribution in [3.63, 3.8) is 0 Å². The zero-order valence-corrected chi connectivity index (χ0v) is 18.6. The van der Waals surface area contributed by atoms with E-state index in [0.29, 0.717) is 24.0 Å². The van der Waals surface area contributed by atoms with Gasteiger partial charge in [-0.2, -0.15) is 0 Å². The third-order valence-electron chi connectivity index (χ3n) is 4.28. The average Bonchev–Trinajstić information content (AvgIpc) is 2.65. The van der Waals surface area contributed by atoms with E-state index < -0.39 is 11.6 Å². The van der Waals surface area contributed by atoms with Gasteiger partial charge in [-0.3, -0.25) is 17.2 Å². The van der Waals surface area contributed by atoms with Gasteiger partial charge in [-0.1, -0.05) is 13.3 Å². The fourth-order valence-corrected chi connectivity index (χ4v) is 3.15. The Kier molecular flexibility index (Phi) is 7.05. The first-order valence-electron chi connectivity index (χ1n) is 7.12. The summed E-state index contributed by atoms with van der Waals surface area (Å²) in [6, 6.07) is 8.00. The topological polar surface area (TPSA) is 46.5 Å². The van der Waals surface area contributed by atoms with Crippen LogP contribution in [0.25, 0.3) is 5.57 Å². The van der Waals surface area contributed by atoms with Crippen LogP contribution < -0.4 is 0 Å². The van der Waals surface area contributed by atoms with Crippen LogP contribution in [0.3, 0.4) is 0 Å². The molecule has 1 aromatic carbocycles. The maximum Gasteiger partial charge on any atom is 0.339 e. The number of hydrogen-bond donors (Lipinski definition) is 1. The van der Waals surface area contributed by atoms with Crippen LogP contribution in [-0.2, 0) is 63.3 Å². The minimum absolute atomic E-state index is 0. The number of aliphatic hydroxyl groups is 1. The molecule has 0 atom stereocenters. The predicted molar refractivity (Wildman–Crippen MR) is 75.0 cm³/mol. The summed E-state index contributed by atoms with van der Waals surface area (Å²) in [4.78, 5) is 12.3. The van der Waals surface area contributed by atoms with Crippen LogP contribution in [0, 0.1) is 26.0 Å². The van der Waals surface area contributed by atoms with Crippen LogP contribution in [-0.4, -0.2) is 16.7 Å².